The topological polar surface area (TPSA) is 37.3 Å². The summed E-state index contributed by atoms with van der Waals surface area (Å²) in [5, 5.41) is 7.65. The van der Waals surface area contributed by atoms with E-state index in [1.165, 1.54) is 11.3 Å². The van der Waals surface area contributed by atoms with Crippen LogP contribution >= 0.6 is 38.9 Å². The van der Waals surface area contributed by atoms with Crippen LogP contribution in [0.15, 0.2) is 63.5 Å². The maximum absolute atomic E-state index is 5.89. The highest BCUT2D eigenvalue weighted by Crippen LogP contribution is 2.25. The van der Waals surface area contributed by atoms with E-state index in [0.717, 1.165) is 31.4 Å². The number of hydrogen-bond donors (Lipinski definition) is 1. The number of benzene rings is 2. The zero-order chi connectivity index (χ0) is 15.4. The number of nitrogens with zero attached hydrogens (tertiary/aromatic N) is 2. The fourth-order valence-electron chi connectivity index (χ4n) is 1.79. The van der Waals surface area contributed by atoms with E-state index >= 15 is 0 Å². The van der Waals surface area contributed by atoms with E-state index < -0.39 is 0 Å². The van der Waals surface area contributed by atoms with E-state index in [0.29, 0.717) is 0 Å². The molecule has 6 heteroatoms. The molecule has 0 saturated heterocycles. The van der Waals surface area contributed by atoms with Crippen LogP contribution in [0.3, 0.4) is 0 Å². The van der Waals surface area contributed by atoms with Gasteiger partial charge in [0, 0.05) is 20.4 Å². The van der Waals surface area contributed by atoms with Crippen LogP contribution in [0.4, 0.5) is 5.13 Å². The summed E-state index contributed by atoms with van der Waals surface area (Å²) in [4.78, 5) is 4.50. The normalized spacial score (nSPS) is 11.0. The van der Waals surface area contributed by atoms with Gasteiger partial charge < -0.3 is 0 Å². The Balaban J connectivity index is 1.66. The van der Waals surface area contributed by atoms with E-state index in [1.54, 1.807) is 6.21 Å². The second-order valence-corrected chi connectivity index (χ2v) is 6.68. The lowest BCUT2D eigenvalue weighted by Crippen LogP contribution is -1.90. The molecule has 0 radical (unpaired) electrons. The number of halogens is 2. The van der Waals surface area contributed by atoms with Crippen molar-refractivity contribution in [3.8, 4) is 11.3 Å². The third-order valence-corrected chi connectivity index (χ3v) is 4.42. The highest BCUT2D eigenvalue weighted by Gasteiger charge is 2.03. The molecule has 3 rings (SSSR count). The molecule has 0 bridgehead atoms. The van der Waals surface area contributed by atoms with Crippen molar-refractivity contribution in [1.29, 1.82) is 0 Å². The van der Waals surface area contributed by atoms with Gasteiger partial charge in [-0.15, -0.1) is 11.3 Å². The number of nitrogens with one attached hydrogen (secondary N) is 1. The molecule has 0 saturated carbocycles. The maximum atomic E-state index is 5.89. The zero-order valence-electron chi connectivity index (χ0n) is 11.3. The first-order valence-electron chi connectivity index (χ1n) is 6.47. The minimum atomic E-state index is 0.719. The summed E-state index contributed by atoms with van der Waals surface area (Å²) in [5.74, 6) is 0. The monoisotopic (exact) mass is 391 g/mol. The summed E-state index contributed by atoms with van der Waals surface area (Å²) in [6.45, 7) is 0. The fraction of sp³-hybridized carbons (Fsp3) is 0. The first-order valence-corrected chi connectivity index (χ1v) is 8.52. The van der Waals surface area contributed by atoms with Crippen molar-refractivity contribution in [1.82, 2.24) is 4.98 Å². The molecule has 0 atom stereocenters. The van der Waals surface area contributed by atoms with Crippen LogP contribution in [0.25, 0.3) is 11.3 Å². The second-order valence-electron chi connectivity index (χ2n) is 4.47. The standard InChI is InChI=1S/C16H11BrClN3S/c17-13-5-1-11(2-6-13)9-19-21-16-20-15(10-22-16)12-3-7-14(18)8-4-12/h1-10H,(H,20,21)/b19-9+. The van der Waals surface area contributed by atoms with E-state index in [4.69, 9.17) is 11.6 Å². The average Bonchev–Trinajstić information content (AvgIpc) is 2.99. The highest BCUT2D eigenvalue weighted by molar-refractivity contribution is 9.10. The van der Waals surface area contributed by atoms with Gasteiger partial charge in [-0.2, -0.15) is 5.10 Å². The molecule has 0 aliphatic rings. The third kappa shape index (κ3) is 3.94. The van der Waals surface area contributed by atoms with Gasteiger partial charge in [0.25, 0.3) is 0 Å². The molecule has 0 unspecified atom stereocenters. The molecule has 0 fully saturated rings. The summed E-state index contributed by atoms with van der Waals surface area (Å²) >= 11 is 10.8. The molecule has 0 aliphatic carbocycles. The van der Waals surface area contributed by atoms with Gasteiger partial charge in [-0.25, -0.2) is 4.98 Å². The van der Waals surface area contributed by atoms with Crippen molar-refractivity contribution >= 4 is 50.2 Å². The number of anilines is 1. The number of rotatable bonds is 4. The summed E-state index contributed by atoms with van der Waals surface area (Å²) < 4.78 is 1.05. The molecule has 0 aliphatic heterocycles. The number of aromatic nitrogens is 1. The third-order valence-electron chi connectivity index (χ3n) is 2.89. The van der Waals surface area contributed by atoms with Crippen LogP contribution in [0.2, 0.25) is 5.02 Å². The lowest BCUT2D eigenvalue weighted by molar-refractivity contribution is 1.29. The first-order chi connectivity index (χ1) is 10.7. The Morgan fingerprint density at radius 1 is 1.09 bits per heavy atom. The van der Waals surface area contributed by atoms with Crippen molar-refractivity contribution in [3.05, 3.63) is 69.0 Å². The molecule has 3 aromatic rings. The van der Waals surface area contributed by atoms with E-state index in [-0.39, 0.29) is 0 Å². The Morgan fingerprint density at radius 3 is 2.55 bits per heavy atom. The largest absolute Gasteiger partial charge is 0.253 e. The predicted octanol–water partition coefficient (Wildman–Crippen LogP) is 5.67. The first kappa shape index (κ1) is 15.2. The van der Waals surface area contributed by atoms with Gasteiger partial charge in [0.2, 0.25) is 5.13 Å². The van der Waals surface area contributed by atoms with Crippen LogP contribution in [0.5, 0.6) is 0 Å². The molecule has 0 amide bonds. The quantitative estimate of drug-likeness (QED) is 0.458. The van der Waals surface area contributed by atoms with Crippen molar-refractivity contribution in [2.75, 3.05) is 5.43 Å². The molecule has 110 valence electrons. The van der Waals surface area contributed by atoms with Crippen molar-refractivity contribution in [2.24, 2.45) is 5.10 Å². The van der Waals surface area contributed by atoms with Crippen LogP contribution in [-0.4, -0.2) is 11.2 Å². The lowest BCUT2D eigenvalue weighted by Gasteiger charge is -1.97. The summed E-state index contributed by atoms with van der Waals surface area (Å²) in [6.07, 6.45) is 1.76. The number of hydrogen-bond acceptors (Lipinski definition) is 4. The molecule has 0 spiro atoms. The van der Waals surface area contributed by atoms with Crippen LogP contribution in [-0.2, 0) is 0 Å². The van der Waals surface area contributed by atoms with Gasteiger partial charge >= 0.3 is 0 Å². The molecule has 3 nitrogen and oxygen atoms in total. The zero-order valence-corrected chi connectivity index (χ0v) is 14.5. The predicted molar refractivity (Wildman–Crippen MR) is 97.9 cm³/mol. The van der Waals surface area contributed by atoms with Crippen molar-refractivity contribution in [3.63, 3.8) is 0 Å². The van der Waals surface area contributed by atoms with Crippen molar-refractivity contribution in [2.45, 2.75) is 0 Å². The van der Waals surface area contributed by atoms with Crippen LogP contribution in [0.1, 0.15) is 5.56 Å². The van der Waals surface area contributed by atoms with Crippen molar-refractivity contribution < 1.29 is 0 Å². The van der Waals surface area contributed by atoms with Gasteiger partial charge in [-0.3, -0.25) is 5.43 Å². The Labute approximate surface area is 145 Å². The van der Waals surface area contributed by atoms with E-state index in [2.05, 4.69) is 31.4 Å². The Morgan fingerprint density at radius 2 is 1.82 bits per heavy atom. The fourth-order valence-corrected chi connectivity index (χ4v) is 2.85. The Hall–Kier alpha value is -1.69. The van der Waals surface area contributed by atoms with Gasteiger partial charge in [0.05, 0.1) is 11.9 Å². The van der Waals surface area contributed by atoms with Gasteiger partial charge in [-0.05, 0) is 29.8 Å². The molecule has 1 aromatic heterocycles. The minimum Gasteiger partial charge on any atom is -0.253 e. The SMILES string of the molecule is Clc1ccc(-c2csc(N/N=C/c3ccc(Br)cc3)n2)cc1. The van der Waals surface area contributed by atoms with Gasteiger partial charge in [0.1, 0.15) is 0 Å². The Kier molecular flexibility index (Phi) is 4.87. The van der Waals surface area contributed by atoms with Gasteiger partial charge in [0.15, 0.2) is 0 Å². The van der Waals surface area contributed by atoms with Crippen LogP contribution < -0.4 is 5.43 Å². The van der Waals surface area contributed by atoms with E-state index in [1.807, 2.05) is 53.9 Å². The van der Waals surface area contributed by atoms with E-state index in [9.17, 15) is 0 Å². The highest BCUT2D eigenvalue weighted by atomic mass is 79.9. The van der Waals surface area contributed by atoms with Crippen LogP contribution in [0, 0.1) is 0 Å². The molecular weight excluding hydrogens is 382 g/mol. The molecule has 2 aromatic carbocycles. The summed E-state index contributed by atoms with van der Waals surface area (Å²) in [7, 11) is 0. The second kappa shape index (κ2) is 7.05. The smallest absolute Gasteiger partial charge is 0.203 e. The maximum Gasteiger partial charge on any atom is 0.203 e. The number of hydrazone groups is 1. The Bertz CT molecular complexity index is 782. The summed E-state index contributed by atoms with van der Waals surface area (Å²) in [6, 6.07) is 15.5. The summed E-state index contributed by atoms with van der Waals surface area (Å²) in [5.41, 5.74) is 5.91. The number of thiazole rings is 1. The minimum absolute atomic E-state index is 0.719. The molecular formula is C16H11BrClN3S. The lowest BCUT2D eigenvalue weighted by atomic mass is 10.2. The average molecular weight is 393 g/mol. The molecule has 1 heterocycles. The molecule has 1 N–H and O–H groups in total. The van der Waals surface area contributed by atoms with Gasteiger partial charge in [-0.1, -0.05) is 51.8 Å². The molecule has 22 heavy (non-hydrogen) atoms.